The summed E-state index contributed by atoms with van der Waals surface area (Å²) >= 11 is 6.04. The van der Waals surface area contributed by atoms with Crippen LogP contribution in [0.2, 0.25) is 5.02 Å². The molecule has 2 saturated carbocycles. The minimum atomic E-state index is -0.682. The SMILES string of the molecule is O=C(NC1(c2ccc(Cl)cc2)CCC1)c1nn(-c2ccc(F)cc2F)c2c1C[C@H]1C[C@@H]21. The molecule has 0 unspecified atom stereocenters. The van der Waals surface area contributed by atoms with Crippen molar-refractivity contribution in [3.8, 4) is 5.69 Å². The molecule has 3 aliphatic rings. The summed E-state index contributed by atoms with van der Waals surface area (Å²) in [5, 5.41) is 8.41. The lowest BCUT2D eigenvalue weighted by atomic mass is 9.71. The fourth-order valence-corrected chi connectivity index (χ4v) is 5.32. The molecule has 1 N–H and O–H groups in total. The number of nitrogens with zero attached hydrogens (tertiary/aromatic N) is 2. The van der Waals surface area contributed by atoms with Gasteiger partial charge in [-0.3, -0.25) is 4.79 Å². The van der Waals surface area contributed by atoms with Gasteiger partial charge in [-0.1, -0.05) is 23.7 Å². The van der Waals surface area contributed by atoms with E-state index in [1.54, 1.807) is 0 Å². The van der Waals surface area contributed by atoms with Crippen LogP contribution in [0, 0.1) is 17.6 Å². The highest BCUT2D eigenvalue weighted by Gasteiger charge is 2.51. The van der Waals surface area contributed by atoms with E-state index in [0.29, 0.717) is 22.6 Å². The van der Waals surface area contributed by atoms with Crippen LogP contribution in [0.5, 0.6) is 0 Å². The highest BCUT2D eigenvalue weighted by atomic mass is 35.5. The van der Waals surface area contributed by atoms with Crippen LogP contribution in [0.25, 0.3) is 5.69 Å². The number of rotatable bonds is 4. The molecule has 0 saturated heterocycles. The van der Waals surface area contributed by atoms with Crippen molar-refractivity contribution in [2.24, 2.45) is 5.92 Å². The van der Waals surface area contributed by atoms with Gasteiger partial charge in [-0.2, -0.15) is 5.10 Å². The zero-order chi connectivity index (χ0) is 21.3. The van der Waals surface area contributed by atoms with Gasteiger partial charge in [-0.05, 0) is 67.9 Å². The van der Waals surface area contributed by atoms with Crippen molar-refractivity contribution in [3.05, 3.63) is 81.6 Å². The number of aromatic nitrogens is 2. The van der Waals surface area contributed by atoms with Crippen molar-refractivity contribution in [2.75, 3.05) is 0 Å². The van der Waals surface area contributed by atoms with E-state index in [4.69, 9.17) is 11.6 Å². The molecule has 0 spiro atoms. The molecule has 0 bridgehead atoms. The second kappa shape index (κ2) is 6.63. The van der Waals surface area contributed by atoms with Crippen LogP contribution in [0.4, 0.5) is 8.78 Å². The Hall–Kier alpha value is -2.73. The van der Waals surface area contributed by atoms with Gasteiger partial charge in [0.05, 0.1) is 11.2 Å². The Bertz CT molecular complexity index is 1220. The zero-order valence-electron chi connectivity index (χ0n) is 16.7. The van der Waals surface area contributed by atoms with Gasteiger partial charge in [0, 0.05) is 22.6 Å². The lowest BCUT2D eigenvalue weighted by Gasteiger charge is -2.43. The lowest BCUT2D eigenvalue weighted by molar-refractivity contribution is 0.0816. The Morgan fingerprint density at radius 1 is 1.16 bits per heavy atom. The van der Waals surface area contributed by atoms with E-state index in [1.165, 1.54) is 16.8 Å². The minimum Gasteiger partial charge on any atom is -0.341 e. The van der Waals surface area contributed by atoms with Crippen LogP contribution >= 0.6 is 11.6 Å². The average Bonchev–Trinajstić information content (AvgIpc) is 3.21. The van der Waals surface area contributed by atoms with Gasteiger partial charge in [0.15, 0.2) is 11.5 Å². The van der Waals surface area contributed by atoms with Crippen LogP contribution < -0.4 is 5.32 Å². The Kier molecular flexibility index (Phi) is 4.06. The van der Waals surface area contributed by atoms with E-state index in [9.17, 15) is 13.6 Å². The van der Waals surface area contributed by atoms with Crippen molar-refractivity contribution in [1.29, 1.82) is 0 Å². The first kappa shape index (κ1) is 19.0. The van der Waals surface area contributed by atoms with Crippen LogP contribution in [-0.2, 0) is 12.0 Å². The molecule has 0 radical (unpaired) electrons. The number of nitrogens with one attached hydrogen (secondary N) is 1. The Labute approximate surface area is 183 Å². The van der Waals surface area contributed by atoms with E-state index < -0.39 is 17.2 Å². The predicted octanol–water partition coefficient (Wildman–Crippen LogP) is 5.27. The molecule has 31 heavy (non-hydrogen) atoms. The molecule has 2 fully saturated rings. The summed E-state index contributed by atoms with van der Waals surface area (Å²) in [7, 11) is 0. The predicted molar refractivity (Wildman–Crippen MR) is 112 cm³/mol. The maximum Gasteiger partial charge on any atom is 0.272 e. The maximum atomic E-state index is 14.5. The second-order valence-corrected chi connectivity index (χ2v) is 9.36. The molecule has 158 valence electrons. The molecule has 7 heteroatoms. The van der Waals surface area contributed by atoms with Gasteiger partial charge >= 0.3 is 0 Å². The van der Waals surface area contributed by atoms with Crippen molar-refractivity contribution in [1.82, 2.24) is 15.1 Å². The second-order valence-electron chi connectivity index (χ2n) is 8.92. The number of benzene rings is 2. The molecule has 1 heterocycles. The first-order valence-electron chi connectivity index (χ1n) is 10.6. The largest absolute Gasteiger partial charge is 0.341 e. The summed E-state index contributed by atoms with van der Waals surface area (Å²) in [4.78, 5) is 13.4. The third kappa shape index (κ3) is 2.92. The fourth-order valence-electron chi connectivity index (χ4n) is 5.20. The highest BCUT2D eigenvalue weighted by molar-refractivity contribution is 6.30. The molecule has 2 aromatic carbocycles. The number of hydrogen-bond donors (Lipinski definition) is 1. The Morgan fingerprint density at radius 3 is 2.61 bits per heavy atom. The maximum absolute atomic E-state index is 14.5. The van der Waals surface area contributed by atoms with E-state index >= 15 is 0 Å². The van der Waals surface area contributed by atoms with E-state index in [0.717, 1.165) is 55.0 Å². The van der Waals surface area contributed by atoms with Crippen molar-refractivity contribution < 1.29 is 13.6 Å². The Morgan fingerprint density at radius 2 is 1.94 bits per heavy atom. The number of fused-ring (bicyclic) bond motifs is 3. The van der Waals surface area contributed by atoms with Crippen LogP contribution in [0.15, 0.2) is 42.5 Å². The van der Waals surface area contributed by atoms with Crippen LogP contribution in [0.3, 0.4) is 0 Å². The normalized spacial score (nSPS) is 22.4. The molecule has 0 aliphatic heterocycles. The van der Waals surface area contributed by atoms with E-state index in [-0.39, 0.29) is 11.6 Å². The topological polar surface area (TPSA) is 46.9 Å². The smallest absolute Gasteiger partial charge is 0.272 e. The van der Waals surface area contributed by atoms with Gasteiger partial charge in [-0.15, -0.1) is 0 Å². The van der Waals surface area contributed by atoms with Gasteiger partial charge in [0.2, 0.25) is 0 Å². The first-order valence-corrected chi connectivity index (χ1v) is 11.0. The molecular formula is C24H20ClF2N3O. The van der Waals surface area contributed by atoms with Crippen LogP contribution in [0.1, 0.15) is 58.9 Å². The van der Waals surface area contributed by atoms with Gasteiger partial charge in [0.25, 0.3) is 5.91 Å². The standard InChI is InChI=1S/C24H20ClF2N3O/c25-15-4-2-14(3-5-15)24(8-1-9-24)28-23(31)21-18-11-13-10-17(13)22(18)30(29-21)20-7-6-16(26)12-19(20)27/h2-7,12-13,17H,1,8-11H2,(H,28,31)/t13-,17-/m1/s1. The number of halogens is 3. The van der Waals surface area contributed by atoms with Crippen molar-refractivity contribution in [2.45, 2.75) is 43.6 Å². The zero-order valence-corrected chi connectivity index (χ0v) is 17.4. The number of carbonyl (C=O) groups is 1. The average molecular weight is 440 g/mol. The number of amides is 1. The summed E-state index contributed by atoms with van der Waals surface area (Å²) in [6.45, 7) is 0. The minimum absolute atomic E-state index is 0.181. The molecular weight excluding hydrogens is 420 g/mol. The first-order chi connectivity index (χ1) is 14.9. The van der Waals surface area contributed by atoms with Gasteiger partial charge < -0.3 is 5.32 Å². The van der Waals surface area contributed by atoms with Crippen molar-refractivity contribution >= 4 is 17.5 Å². The van der Waals surface area contributed by atoms with Crippen LogP contribution in [-0.4, -0.2) is 15.7 Å². The van der Waals surface area contributed by atoms with E-state index in [1.807, 2.05) is 24.3 Å². The highest BCUT2D eigenvalue weighted by Crippen LogP contribution is 2.57. The van der Waals surface area contributed by atoms with E-state index in [2.05, 4.69) is 10.4 Å². The van der Waals surface area contributed by atoms with Gasteiger partial charge in [-0.25, -0.2) is 13.5 Å². The lowest BCUT2D eigenvalue weighted by Crippen LogP contribution is -2.51. The third-order valence-corrected chi connectivity index (χ3v) is 7.33. The summed E-state index contributed by atoms with van der Waals surface area (Å²) < 4.78 is 29.5. The fraction of sp³-hybridized carbons (Fsp3) is 0.333. The monoisotopic (exact) mass is 439 g/mol. The molecule has 4 nitrogen and oxygen atoms in total. The summed E-state index contributed by atoms with van der Waals surface area (Å²) in [6.07, 6.45) is 4.53. The molecule has 3 aromatic rings. The summed E-state index contributed by atoms with van der Waals surface area (Å²) in [6, 6.07) is 11.0. The molecule has 1 aromatic heterocycles. The quantitative estimate of drug-likeness (QED) is 0.601. The van der Waals surface area contributed by atoms with Crippen molar-refractivity contribution in [3.63, 3.8) is 0 Å². The Balaban J connectivity index is 1.38. The molecule has 1 amide bonds. The molecule has 3 aliphatic carbocycles. The molecule has 6 rings (SSSR count). The third-order valence-electron chi connectivity index (χ3n) is 7.07. The summed E-state index contributed by atoms with van der Waals surface area (Å²) in [5.41, 5.74) is 2.93. The molecule has 2 atom stereocenters. The number of carbonyl (C=O) groups excluding carboxylic acids is 1. The van der Waals surface area contributed by atoms with Gasteiger partial charge in [0.1, 0.15) is 11.5 Å². The summed E-state index contributed by atoms with van der Waals surface area (Å²) in [5.74, 6) is -0.778. The number of hydrogen-bond acceptors (Lipinski definition) is 2.